The minimum atomic E-state index is -0.810. The summed E-state index contributed by atoms with van der Waals surface area (Å²) >= 11 is 3.10. The predicted octanol–water partition coefficient (Wildman–Crippen LogP) is 3.54. The lowest BCUT2D eigenvalue weighted by molar-refractivity contribution is -0.384. The Hall–Kier alpha value is -2.81. The van der Waals surface area contributed by atoms with Crippen LogP contribution in [0.2, 0.25) is 0 Å². The largest absolute Gasteiger partial charge is 0.465 e. The summed E-state index contributed by atoms with van der Waals surface area (Å²) in [7, 11) is 1.12. The molecule has 7 nitrogen and oxygen atoms in total. The van der Waals surface area contributed by atoms with Crippen molar-refractivity contribution in [2.75, 3.05) is 12.4 Å². The fraction of sp³-hybridized carbons (Fsp3) is 0.0667. The van der Waals surface area contributed by atoms with E-state index in [0.717, 1.165) is 31.4 Å². The average molecular weight is 397 g/mol. The first-order chi connectivity index (χ1) is 11.3. The lowest BCUT2D eigenvalue weighted by Crippen LogP contribution is -2.14. The number of benzene rings is 2. The Morgan fingerprint density at radius 1 is 1.21 bits per heavy atom. The molecule has 1 amide bonds. The molecule has 0 radical (unpaired) electrons. The zero-order chi connectivity index (χ0) is 17.9. The van der Waals surface area contributed by atoms with Gasteiger partial charge in [-0.15, -0.1) is 0 Å². The van der Waals surface area contributed by atoms with E-state index >= 15 is 0 Å². The molecule has 0 fully saturated rings. The Morgan fingerprint density at radius 3 is 2.46 bits per heavy atom. The molecule has 0 atom stereocenters. The van der Waals surface area contributed by atoms with Crippen molar-refractivity contribution in [3.8, 4) is 0 Å². The van der Waals surface area contributed by atoms with Crippen molar-refractivity contribution in [1.82, 2.24) is 0 Å². The number of nitro benzene ring substituents is 1. The second-order valence-electron chi connectivity index (χ2n) is 4.60. The van der Waals surface area contributed by atoms with E-state index in [9.17, 15) is 24.1 Å². The van der Waals surface area contributed by atoms with Crippen LogP contribution in [0.25, 0.3) is 0 Å². The van der Waals surface area contributed by atoms with Gasteiger partial charge < -0.3 is 10.1 Å². The number of methoxy groups -OCH3 is 1. The highest BCUT2D eigenvalue weighted by atomic mass is 79.9. The van der Waals surface area contributed by atoms with Gasteiger partial charge >= 0.3 is 5.97 Å². The maximum atomic E-state index is 13.1. The fourth-order valence-electron chi connectivity index (χ4n) is 1.87. The van der Waals surface area contributed by atoms with Gasteiger partial charge in [0.25, 0.3) is 11.6 Å². The van der Waals surface area contributed by atoms with Gasteiger partial charge in [0.05, 0.1) is 23.3 Å². The van der Waals surface area contributed by atoms with Gasteiger partial charge in [-0.25, -0.2) is 9.18 Å². The third kappa shape index (κ3) is 3.93. The first-order valence-corrected chi connectivity index (χ1v) is 7.25. The molecule has 0 spiro atoms. The number of anilines is 1. The van der Waals surface area contributed by atoms with Crippen LogP contribution in [0, 0.1) is 15.9 Å². The minimum absolute atomic E-state index is 0.110. The van der Waals surface area contributed by atoms with Crippen LogP contribution in [0.3, 0.4) is 0 Å². The molecule has 0 bridgehead atoms. The summed E-state index contributed by atoms with van der Waals surface area (Å²) in [6.45, 7) is 0. The summed E-state index contributed by atoms with van der Waals surface area (Å²) in [6.07, 6.45) is 0. The van der Waals surface area contributed by atoms with Crippen LogP contribution < -0.4 is 5.32 Å². The molecule has 0 saturated heterocycles. The molecule has 9 heteroatoms. The maximum absolute atomic E-state index is 13.1. The zero-order valence-electron chi connectivity index (χ0n) is 12.2. The summed E-state index contributed by atoms with van der Waals surface area (Å²) < 4.78 is 17.9. The number of nitrogens with one attached hydrogen (secondary N) is 1. The number of esters is 1. The molecule has 0 aliphatic heterocycles. The molecule has 0 unspecified atom stereocenters. The molecule has 2 rings (SSSR count). The number of amides is 1. The van der Waals surface area contributed by atoms with E-state index in [1.165, 1.54) is 12.1 Å². The van der Waals surface area contributed by atoms with Gasteiger partial charge in [-0.2, -0.15) is 0 Å². The summed E-state index contributed by atoms with van der Waals surface area (Å²) in [5.74, 6) is -2.00. The van der Waals surface area contributed by atoms with Gasteiger partial charge in [0, 0.05) is 22.2 Å². The standard InChI is InChI=1S/C15H10BrFN2O5/c1-24-15(21)9-4-8(5-11(6-9)19(22)23)14(20)18-13-3-2-10(17)7-12(13)16/h2-7H,1H3,(H,18,20). The molecule has 2 aromatic rings. The average Bonchev–Trinajstić information content (AvgIpc) is 2.56. The van der Waals surface area contributed by atoms with Crippen LogP contribution >= 0.6 is 15.9 Å². The second-order valence-corrected chi connectivity index (χ2v) is 5.45. The molecule has 1 N–H and O–H groups in total. The van der Waals surface area contributed by atoms with Gasteiger partial charge in [0.15, 0.2) is 0 Å². The highest BCUT2D eigenvalue weighted by Gasteiger charge is 2.19. The van der Waals surface area contributed by atoms with E-state index in [-0.39, 0.29) is 16.8 Å². The molecule has 0 saturated carbocycles. The molecule has 0 aliphatic carbocycles. The summed E-state index contributed by atoms with van der Waals surface area (Å²) in [5.41, 5.74) is -0.399. The van der Waals surface area contributed by atoms with Crippen LogP contribution in [-0.4, -0.2) is 23.9 Å². The lowest BCUT2D eigenvalue weighted by Gasteiger charge is -2.08. The highest BCUT2D eigenvalue weighted by molar-refractivity contribution is 9.10. The van der Waals surface area contributed by atoms with Gasteiger partial charge in [-0.3, -0.25) is 14.9 Å². The molecule has 24 heavy (non-hydrogen) atoms. The van der Waals surface area contributed by atoms with Crippen LogP contribution in [0.4, 0.5) is 15.8 Å². The summed E-state index contributed by atoms with van der Waals surface area (Å²) in [6, 6.07) is 6.84. The molecular weight excluding hydrogens is 387 g/mol. The molecule has 0 aliphatic rings. The minimum Gasteiger partial charge on any atom is -0.465 e. The number of halogens is 2. The van der Waals surface area contributed by atoms with Crippen molar-refractivity contribution in [2.45, 2.75) is 0 Å². The van der Waals surface area contributed by atoms with E-state index in [0.29, 0.717) is 4.47 Å². The third-order valence-corrected chi connectivity index (χ3v) is 3.65. The Labute approximate surface area is 143 Å². The topological polar surface area (TPSA) is 98.5 Å². The second kappa shape index (κ2) is 7.18. The predicted molar refractivity (Wildman–Crippen MR) is 86.5 cm³/mol. The summed E-state index contributed by atoms with van der Waals surface area (Å²) in [5, 5.41) is 13.4. The summed E-state index contributed by atoms with van der Waals surface area (Å²) in [4.78, 5) is 34.1. The maximum Gasteiger partial charge on any atom is 0.338 e. The van der Waals surface area contributed by atoms with Crippen molar-refractivity contribution in [3.05, 3.63) is 67.9 Å². The Morgan fingerprint density at radius 2 is 1.88 bits per heavy atom. The third-order valence-electron chi connectivity index (χ3n) is 2.99. The number of rotatable bonds is 4. The molecule has 0 aromatic heterocycles. The molecule has 124 valence electrons. The highest BCUT2D eigenvalue weighted by Crippen LogP contribution is 2.25. The number of nitrogens with zero attached hydrogens (tertiary/aromatic N) is 1. The first kappa shape index (κ1) is 17.5. The number of ether oxygens (including phenoxy) is 1. The van der Waals surface area contributed by atoms with E-state index < -0.39 is 28.3 Å². The monoisotopic (exact) mass is 396 g/mol. The molecule has 2 aromatic carbocycles. The van der Waals surface area contributed by atoms with Crippen molar-refractivity contribution < 1.29 is 23.6 Å². The molecule has 0 heterocycles. The lowest BCUT2D eigenvalue weighted by atomic mass is 10.1. The number of hydrogen-bond donors (Lipinski definition) is 1. The van der Waals surface area contributed by atoms with E-state index in [1.807, 2.05) is 0 Å². The number of nitro groups is 1. The van der Waals surface area contributed by atoms with Crippen LogP contribution in [0.1, 0.15) is 20.7 Å². The van der Waals surface area contributed by atoms with Gasteiger partial charge in [0.1, 0.15) is 5.82 Å². The van der Waals surface area contributed by atoms with E-state index in [2.05, 4.69) is 26.0 Å². The fourth-order valence-corrected chi connectivity index (χ4v) is 2.32. The Kier molecular flexibility index (Phi) is 5.24. The van der Waals surface area contributed by atoms with Crippen molar-refractivity contribution in [1.29, 1.82) is 0 Å². The first-order valence-electron chi connectivity index (χ1n) is 6.46. The van der Waals surface area contributed by atoms with E-state index in [4.69, 9.17) is 0 Å². The van der Waals surface area contributed by atoms with Crippen LogP contribution in [-0.2, 0) is 4.74 Å². The van der Waals surface area contributed by atoms with Crippen molar-refractivity contribution in [2.24, 2.45) is 0 Å². The molecular formula is C15H10BrFN2O5. The van der Waals surface area contributed by atoms with Crippen LogP contribution in [0.15, 0.2) is 40.9 Å². The van der Waals surface area contributed by atoms with Gasteiger partial charge in [0.2, 0.25) is 0 Å². The van der Waals surface area contributed by atoms with Gasteiger partial charge in [-0.1, -0.05) is 0 Å². The Balaban J connectivity index is 2.39. The van der Waals surface area contributed by atoms with Crippen molar-refractivity contribution in [3.63, 3.8) is 0 Å². The number of hydrogen-bond acceptors (Lipinski definition) is 5. The SMILES string of the molecule is COC(=O)c1cc(C(=O)Nc2ccc(F)cc2Br)cc([N+](=O)[O-])c1. The number of carbonyl (C=O) groups is 2. The van der Waals surface area contributed by atoms with Crippen molar-refractivity contribution >= 4 is 39.2 Å². The van der Waals surface area contributed by atoms with Crippen LogP contribution in [0.5, 0.6) is 0 Å². The Bertz CT molecular complexity index is 841. The number of carbonyl (C=O) groups excluding carboxylic acids is 2. The quantitative estimate of drug-likeness (QED) is 0.484. The normalized spacial score (nSPS) is 10.1. The number of non-ortho nitro benzene ring substituents is 1. The van der Waals surface area contributed by atoms with E-state index in [1.54, 1.807) is 0 Å². The smallest absolute Gasteiger partial charge is 0.338 e. The van der Waals surface area contributed by atoms with Gasteiger partial charge in [-0.05, 0) is 40.2 Å². The zero-order valence-corrected chi connectivity index (χ0v) is 13.8.